The molecule has 30 heavy (non-hydrogen) atoms. The first-order valence-electron chi connectivity index (χ1n) is 9.58. The number of guanidine groups is 1. The van der Waals surface area contributed by atoms with Gasteiger partial charge in [-0.25, -0.2) is 4.99 Å². The molecular formula is C21H29IN6O2. The predicted octanol–water partition coefficient (Wildman–Crippen LogP) is 3.04. The third-order valence-electron chi connectivity index (χ3n) is 4.87. The summed E-state index contributed by atoms with van der Waals surface area (Å²) in [5, 5.41) is 25.6. The van der Waals surface area contributed by atoms with E-state index in [-0.39, 0.29) is 36.6 Å². The summed E-state index contributed by atoms with van der Waals surface area (Å²) in [5.74, 6) is 2.64. The Balaban J connectivity index is 0.00000320. The zero-order valence-electron chi connectivity index (χ0n) is 17.7. The normalized spacial score (nSPS) is 14.5. The molecule has 0 spiro atoms. The van der Waals surface area contributed by atoms with Crippen LogP contribution < -0.4 is 10.6 Å². The fourth-order valence-corrected chi connectivity index (χ4v) is 2.85. The van der Waals surface area contributed by atoms with Crippen molar-refractivity contribution in [3.8, 4) is 0 Å². The van der Waals surface area contributed by atoms with Crippen molar-refractivity contribution in [1.29, 1.82) is 0 Å². The fourth-order valence-electron chi connectivity index (χ4n) is 2.85. The molecule has 0 fully saturated rings. The van der Waals surface area contributed by atoms with E-state index in [2.05, 4.69) is 44.9 Å². The van der Waals surface area contributed by atoms with Gasteiger partial charge in [-0.2, -0.15) is 0 Å². The maximum atomic E-state index is 10.7. The van der Waals surface area contributed by atoms with Crippen molar-refractivity contribution in [3.63, 3.8) is 0 Å². The Kier molecular flexibility index (Phi) is 8.42. The van der Waals surface area contributed by atoms with E-state index in [9.17, 15) is 5.11 Å². The first-order valence-corrected chi connectivity index (χ1v) is 9.58. The zero-order chi connectivity index (χ0) is 20.9. The lowest BCUT2D eigenvalue weighted by molar-refractivity contribution is 0.0385. The van der Waals surface area contributed by atoms with Crippen molar-refractivity contribution in [3.05, 3.63) is 71.7 Å². The molecule has 1 aromatic carbocycles. The lowest BCUT2D eigenvalue weighted by Gasteiger charge is -2.24. The van der Waals surface area contributed by atoms with Crippen molar-refractivity contribution in [2.75, 3.05) is 6.54 Å². The van der Waals surface area contributed by atoms with Crippen LogP contribution in [0.15, 0.2) is 58.1 Å². The van der Waals surface area contributed by atoms with Gasteiger partial charge in [-0.3, -0.25) is 0 Å². The van der Waals surface area contributed by atoms with Crippen LogP contribution in [0.3, 0.4) is 0 Å². The Morgan fingerprint density at radius 2 is 1.97 bits per heavy atom. The molecule has 0 bridgehead atoms. The van der Waals surface area contributed by atoms with Crippen molar-refractivity contribution >= 4 is 29.9 Å². The average molecular weight is 524 g/mol. The monoisotopic (exact) mass is 524 g/mol. The van der Waals surface area contributed by atoms with Crippen molar-refractivity contribution in [1.82, 2.24) is 25.4 Å². The SMILES string of the molecule is Cc1nnc(CN=C(NCC(C)(O)c2ccco2)NC(C)c2ccccc2)n1C.I. The van der Waals surface area contributed by atoms with Gasteiger partial charge in [-0.1, -0.05) is 30.3 Å². The standard InChI is InChI=1S/C21H28N6O2.HI/c1-15(17-9-6-5-7-10-17)24-20(22-13-19-26-25-16(2)27(19)4)23-14-21(3,28)18-11-8-12-29-18;/h5-12,15,28H,13-14H2,1-4H3,(H2,22,23,24);1H. The summed E-state index contributed by atoms with van der Waals surface area (Å²) in [6.07, 6.45) is 1.55. The molecule has 2 atom stereocenters. The first-order chi connectivity index (χ1) is 13.9. The van der Waals surface area contributed by atoms with Gasteiger partial charge < -0.3 is 24.7 Å². The highest BCUT2D eigenvalue weighted by Gasteiger charge is 2.26. The van der Waals surface area contributed by atoms with Crippen LogP contribution in [0.2, 0.25) is 0 Å². The van der Waals surface area contributed by atoms with E-state index in [4.69, 9.17) is 4.42 Å². The third kappa shape index (κ3) is 6.05. The van der Waals surface area contributed by atoms with Crippen LogP contribution in [-0.4, -0.2) is 32.4 Å². The van der Waals surface area contributed by atoms with E-state index in [0.29, 0.717) is 18.3 Å². The number of furan rings is 1. The van der Waals surface area contributed by atoms with Gasteiger partial charge in [0, 0.05) is 7.05 Å². The number of nitrogens with zero attached hydrogens (tertiary/aromatic N) is 4. The summed E-state index contributed by atoms with van der Waals surface area (Å²) < 4.78 is 7.26. The molecule has 8 nitrogen and oxygen atoms in total. The van der Waals surface area contributed by atoms with E-state index in [1.165, 1.54) is 0 Å². The van der Waals surface area contributed by atoms with Crippen molar-refractivity contribution < 1.29 is 9.52 Å². The van der Waals surface area contributed by atoms with E-state index in [0.717, 1.165) is 17.2 Å². The lowest BCUT2D eigenvalue weighted by Crippen LogP contribution is -2.45. The number of halogens is 1. The molecule has 0 aliphatic rings. The Morgan fingerprint density at radius 1 is 1.23 bits per heavy atom. The Labute approximate surface area is 193 Å². The largest absolute Gasteiger partial charge is 0.466 e. The number of rotatable bonds is 7. The molecule has 3 N–H and O–H groups in total. The van der Waals surface area contributed by atoms with Gasteiger partial charge in [0.15, 0.2) is 11.8 Å². The highest BCUT2D eigenvalue weighted by atomic mass is 127. The smallest absolute Gasteiger partial charge is 0.192 e. The van der Waals surface area contributed by atoms with Crippen LogP contribution in [0.1, 0.15) is 42.9 Å². The number of aliphatic imine (C=N–C) groups is 1. The topological polar surface area (TPSA) is 100 Å². The van der Waals surface area contributed by atoms with Gasteiger partial charge in [0.25, 0.3) is 0 Å². The molecule has 162 valence electrons. The summed E-state index contributed by atoms with van der Waals surface area (Å²) in [6.45, 7) is 6.24. The van der Waals surface area contributed by atoms with E-state index in [1.807, 2.05) is 36.7 Å². The minimum absolute atomic E-state index is 0. The second-order valence-electron chi connectivity index (χ2n) is 7.27. The van der Waals surface area contributed by atoms with Gasteiger partial charge in [-0.15, -0.1) is 34.2 Å². The summed E-state index contributed by atoms with van der Waals surface area (Å²) in [7, 11) is 1.91. The number of aromatic nitrogens is 3. The van der Waals surface area contributed by atoms with E-state index < -0.39 is 5.60 Å². The summed E-state index contributed by atoms with van der Waals surface area (Å²) in [6, 6.07) is 13.6. The van der Waals surface area contributed by atoms with Gasteiger partial charge in [0.2, 0.25) is 0 Å². The second-order valence-corrected chi connectivity index (χ2v) is 7.27. The molecule has 3 aromatic rings. The zero-order valence-corrected chi connectivity index (χ0v) is 20.0. The summed E-state index contributed by atoms with van der Waals surface area (Å²) in [4.78, 5) is 4.65. The molecule has 3 rings (SSSR count). The maximum absolute atomic E-state index is 10.7. The molecule has 0 aliphatic heterocycles. The molecule has 9 heteroatoms. The highest BCUT2D eigenvalue weighted by molar-refractivity contribution is 14.0. The molecule has 0 saturated heterocycles. The molecule has 0 radical (unpaired) electrons. The Hall–Kier alpha value is -2.40. The van der Waals surface area contributed by atoms with E-state index >= 15 is 0 Å². The quantitative estimate of drug-likeness (QED) is 0.250. The van der Waals surface area contributed by atoms with Crippen LogP contribution in [0, 0.1) is 6.92 Å². The maximum Gasteiger partial charge on any atom is 0.192 e. The molecule has 2 aromatic heterocycles. The average Bonchev–Trinajstić information content (AvgIpc) is 3.37. The van der Waals surface area contributed by atoms with Crippen LogP contribution >= 0.6 is 24.0 Å². The van der Waals surface area contributed by atoms with E-state index in [1.54, 1.807) is 25.3 Å². The van der Waals surface area contributed by atoms with Crippen molar-refractivity contribution in [2.45, 2.75) is 39.0 Å². The summed E-state index contributed by atoms with van der Waals surface area (Å²) >= 11 is 0. The van der Waals surface area contributed by atoms with Gasteiger partial charge in [0.1, 0.15) is 23.7 Å². The molecule has 2 unspecified atom stereocenters. The Morgan fingerprint density at radius 3 is 2.57 bits per heavy atom. The Bertz CT molecular complexity index is 938. The minimum atomic E-state index is -1.18. The lowest BCUT2D eigenvalue weighted by atomic mass is 10.0. The number of nitrogens with one attached hydrogen (secondary N) is 2. The summed E-state index contributed by atoms with van der Waals surface area (Å²) in [5.41, 5.74) is -0.0437. The number of aliphatic hydroxyl groups is 1. The number of aryl methyl sites for hydroxylation is 1. The van der Waals surface area contributed by atoms with Crippen LogP contribution in [0.4, 0.5) is 0 Å². The minimum Gasteiger partial charge on any atom is -0.466 e. The molecule has 0 aliphatic carbocycles. The fraction of sp³-hybridized carbons (Fsp3) is 0.381. The van der Waals surface area contributed by atoms with Crippen molar-refractivity contribution in [2.24, 2.45) is 12.0 Å². The molecular weight excluding hydrogens is 495 g/mol. The van der Waals surface area contributed by atoms with Crippen LogP contribution in [0.25, 0.3) is 0 Å². The van der Waals surface area contributed by atoms with Gasteiger partial charge in [-0.05, 0) is 38.5 Å². The van der Waals surface area contributed by atoms with Gasteiger partial charge >= 0.3 is 0 Å². The number of benzene rings is 1. The first kappa shape index (κ1) is 23.9. The third-order valence-corrected chi connectivity index (χ3v) is 4.87. The van der Waals surface area contributed by atoms with Gasteiger partial charge in [0.05, 0.1) is 18.8 Å². The number of hydrogen-bond acceptors (Lipinski definition) is 5. The second kappa shape index (κ2) is 10.6. The van der Waals surface area contributed by atoms with Crippen LogP contribution in [-0.2, 0) is 19.2 Å². The molecule has 0 amide bonds. The predicted molar refractivity (Wildman–Crippen MR) is 127 cm³/mol. The molecule has 2 heterocycles. The molecule has 0 saturated carbocycles. The number of hydrogen-bond donors (Lipinski definition) is 3. The highest BCUT2D eigenvalue weighted by Crippen LogP contribution is 2.20. The van der Waals surface area contributed by atoms with Crippen LogP contribution in [0.5, 0.6) is 0 Å².